The third-order valence-corrected chi connectivity index (χ3v) is 2.87. The number of rotatable bonds is 4. The number of aryl methyl sites for hydroxylation is 3. The maximum atomic E-state index is 5.56. The highest BCUT2D eigenvalue weighted by molar-refractivity contribution is 5.25. The third kappa shape index (κ3) is 2.55. The lowest BCUT2D eigenvalue weighted by atomic mass is 10.0. The average molecular weight is 234 g/mol. The number of aromatic nitrogens is 3. The summed E-state index contributed by atoms with van der Waals surface area (Å²) in [6, 6.07) is 2.29. The van der Waals surface area contributed by atoms with Crippen LogP contribution in [0.2, 0.25) is 0 Å². The van der Waals surface area contributed by atoms with E-state index in [0.29, 0.717) is 0 Å². The molecular formula is C12H18N4O. The summed E-state index contributed by atoms with van der Waals surface area (Å²) in [4.78, 5) is 0. The zero-order valence-corrected chi connectivity index (χ0v) is 10.7. The lowest BCUT2D eigenvalue weighted by molar-refractivity contribution is 0.489. The fourth-order valence-corrected chi connectivity index (χ4v) is 2.06. The Kier molecular flexibility index (Phi) is 3.28. The summed E-state index contributed by atoms with van der Waals surface area (Å²) in [5.74, 6) is 1.91. The summed E-state index contributed by atoms with van der Waals surface area (Å²) in [5.41, 5.74) is 2.17. The van der Waals surface area contributed by atoms with Gasteiger partial charge in [0.1, 0.15) is 11.5 Å². The van der Waals surface area contributed by atoms with Crippen LogP contribution in [-0.4, -0.2) is 22.0 Å². The molecule has 0 amide bonds. The molecule has 0 radical (unpaired) electrons. The Morgan fingerprint density at radius 1 is 1.47 bits per heavy atom. The zero-order chi connectivity index (χ0) is 12.4. The van der Waals surface area contributed by atoms with E-state index in [0.717, 1.165) is 23.6 Å². The van der Waals surface area contributed by atoms with Crippen LogP contribution >= 0.6 is 0 Å². The first kappa shape index (κ1) is 11.9. The van der Waals surface area contributed by atoms with E-state index in [9.17, 15) is 0 Å². The van der Waals surface area contributed by atoms with Gasteiger partial charge in [-0.3, -0.25) is 4.68 Å². The van der Waals surface area contributed by atoms with Crippen molar-refractivity contribution in [3.63, 3.8) is 0 Å². The second kappa shape index (κ2) is 4.71. The molecule has 0 saturated carbocycles. The minimum atomic E-state index is 0.212. The topological polar surface area (TPSA) is 55.9 Å². The molecule has 2 aromatic rings. The van der Waals surface area contributed by atoms with Gasteiger partial charge in [0.15, 0.2) is 0 Å². The highest BCUT2D eigenvalue weighted by Crippen LogP contribution is 2.23. The van der Waals surface area contributed by atoms with Gasteiger partial charge in [0, 0.05) is 31.3 Å². The van der Waals surface area contributed by atoms with Gasteiger partial charge in [-0.15, -0.1) is 5.10 Å². The predicted octanol–water partition coefficient (Wildman–Crippen LogP) is 1.53. The fraction of sp³-hybridized carbons (Fsp3) is 0.500. The van der Waals surface area contributed by atoms with Crippen LogP contribution in [0.1, 0.15) is 28.8 Å². The molecule has 0 aliphatic carbocycles. The molecule has 0 fully saturated rings. The van der Waals surface area contributed by atoms with Crippen molar-refractivity contribution in [1.29, 1.82) is 0 Å². The predicted molar refractivity (Wildman–Crippen MR) is 64.7 cm³/mol. The second-order valence-electron chi connectivity index (χ2n) is 4.30. The normalized spacial score (nSPS) is 12.9. The molecular weight excluding hydrogens is 216 g/mol. The Hall–Kier alpha value is -1.62. The van der Waals surface area contributed by atoms with E-state index >= 15 is 0 Å². The summed E-state index contributed by atoms with van der Waals surface area (Å²) >= 11 is 0. The van der Waals surface area contributed by atoms with E-state index < -0.39 is 0 Å². The summed E-state index contributed by atoms with van der Waals surface area (Å²) < 4.78 is 7.28. The Labute approximate surface area is 101 Å². The highest BCUT2D eigenvalue weighted by Gasteiger charge is 2.17. The number of hydrogen-bond donors (Lipinski definition) is 1. The molecule has 1 N–H and O–H groups in total. The number of nitrogens with one attached hydrogen (secondary N) is 1. The molecule has 1 unspecified atom stereocenters. The Balaban J connectivity index is 2.19. The zero-order valence-electron chi connectivity index (χ0n) is 10.7. The molecule has 0 spiro atoms. The maximum Gasteiger partial charge on any atom is 0.105 e. The standard InChI is InChI=1S/C12H18N4O/c1-8-5-11(9(2)17-8)12(13-3)6-10-7-16(4)15-14-10/h5,7,12-13H,6H2,1-4H3. The molecule has 17 heavy (non-hydrogen) atoms. The number of nitrogens with zero attached hydrogens (tertiary/aromatic N) is 3. The second-order valence-corrected chi connectivity index (χ2v) is 4.30. The van der Waals surface area contributed by atoms with Crippen LogP contribution in [0.15, 0.2) is 16.7 Å². The molecule has 0 aliphatic rings. The molecule has 5 nitrogen and oxygen atoms in total. The van der Waals surface area contributed by atoms with Gasteiger partial charge in [-0.2, -0.15) is 0 Å². The maximum absolute atomic E-state index is 5.56. The number of likely N-dealkylation sites (N-methyl/N-ethyl adjacent to an activating group) is 1. The van der Waals surface area contributed by atoms with Crippen LogP contribution < -0.4 is 5.32 Å². The summed E-state index contributed by atoms with van der Waals surface area (Å²) in [7, 11) is 3.82. The molecule has 5 heteroatoms. The SMILES string of the molecule is CNC(Cc1cn(C)nn1)c1cc(C)oc1C. The molecule has 0 aliphatic heterocycles. The van der Waals surface area contributed by atoms with Gasteiger partial charge in [0.05, 0.1) is 5.69 Å². The minimum absolute atomic E-state index is 0.212. The van der Waals surface area contributed by atoms with Crippen molar-refractivity contribution in [2.45, 2.75) is 26.3 Å². The van der Waals surface area contributed by atoms with Gasteiger partial charge in [-0.1, -0.05) is 5.21 Å². The van der Waals surface area contributed by atoms with E-state index in [1.165, 1.54) is 5.56 Å². The summed E-state index contributed by atoms with van der Waals surface area (Å²) in [6.07, 6.45) is 2.75. The van der Waals surface area contributed by atoms with Crippen molar-refractivity contribution in [1.82, 2.24) is 20.3 Å². The van der Waals surface area contributed by atoms with E-state index in [1.807, 2.05) is 34.1 Å². The van der Waals surface area contributed by atoms with Gasteiger partial charge in [-0.05, 0) is 27.0 Å². The first-order valence-electron chi connectivity index (χ1n) is 5.69. The smallest absolute Gasteiger partial charge is 0.105 e. The largest absolute Gasteiger partial charge is 0.466 e. The highest BCUT2D eigenvalue weighted by atomic mass is 16.3. The van der Waals surface area contributed by atoms with Crippen LogP contribution in [0.5, 0.6) is 0 Å². The van der Waals surface area contributed by atoms with Crippen molar-refractivity contribution in [3.8, 4) is 0 Å². The van der Waals surface area contributed by atoms with Gasteiger partial charge < -0.3 is 9.73 Å². The van der Waals surface area contributed by atoms with E-state index in [4.69, 9.17) is 4.42 Å². The van der Waals surface area contributed by atoms with Crippen LogP contribution in [0.4, 0.5) is 0 Å². The van der Waals surface area contributed by atoms with Crippen LogP contribution in [0.3, 0.4) is 0 Å². The van der Waals surface area contributed by atoms with E-state index in [1.54, 1.807) is 4.68 Å². The van der Waals surface area contributed by atoms with Crippen molar-refractivity contribution in [2.75, 3.05) is 7.05 Å². The molecule has 0 bridgehead atoms. The molecule has 92 valence electrons. The van der Waals surface area contributed by atoms with Crippen LogP contribution in [0, 0.1) is 13.8 Å². The van der Waals surface area contributed by atoms with Crippen LogP contribution in [0.25, 0.3) is 0 Å². The first-order chi connectivity index (χ1) is 8.10. The molecule has 2 rings (SSSR count). The molecule has 2 heterocycles. The summed E-state index contributed by atoms with van der Waals surface area (Å²) in [5, 5.41) is 11.3. The van der Waals surface area contributed by atoms with Crippen LogP contribution in [-0.2, 0) is 13.5 Å². The Bertz CT molecular complexity index is 500. The Morgan fingerprint density at radius 3 is 2.71 bits per heavy atom. The Morgan fingerprint density at radius 2 is 2.24 bits per heavy atom. The van der Waals surface area contributed by atoms with E-state index in [2.05, 4.69) is 21.7 Å². The van der Waals surface area contributed by atoms with Gasteiger partial charge in [0.2, 0.25) is 0 Å². The molecule has 0 aromatic carbocycles. The minimum Gasteiger partial charge on any atom is -0.466 e. The molecule has 0 saturated heterocycles. The van der Waals surface area contributed by atoms with Crippen molar-refractivity contribution in [3.05, 3.63) is 35.0 Å². The number of furan rings is 1. The lowest BCUT2D eigenvalue weighted by Gasteiger charge is -2.13. The van der Waals surface area contributed by atoms with Crippen molar-refractivity contribution in [2.24, 2.45) is 7.05 Å². The third-order valence-electron chi connectivity index (χ3n) is 2.87. The quantitative estimate of drug-likeness (QED) is 0.871. The lowest BCUT2D eigenvalue weighted by Crippen LogP contribution is -2.19. The molecule has 2 aromatic heterocycles. The average Bonchev–Trinajstić information content (AvgIpc) is 2.82. The molecule has 1 atom stereocenters. The summed E-state index contributed by atoms with van der Waals surface area (Å²) in [6.45, 7) is 3.95. The van der Waals surface area contributed by atoms with Gasteiger partial charge in [0.25, 0.3) is 0 Å². The van der Waals surface area contributed by atoms with Crippen molar-refractivity contribution >= 4 is 0 Å². The van der Waals surface area contributed by atoms with Gasteiger partial charge in [-0.25, -0.2) is 0 Å². The van der Waals surface area contributed by atoms with Crippen molar-refractivity contribution < 1.29 is 4.42 Å². The monoisotopic (exact) mass is 234 g/mol. The van der Waals surface area contributed by atoms with E-state index in [-0.39, 0.29) is 6.04 Å². The number of hydrogen-bond acceptors (Lipinski definition) is 4. The fourth-order valence-electron chi connectivity index (χ4n) is 2.06. The van der Waals surface area contributed by atoms with Gasteiger partial charge >= 0.3 is 0 Å². The first-order valence-corrected chi connectivity index (χ1v) is 5.69.